The number of aliphatic carboxylic acids is 2. The van der Waals surface area contributed by atoms with E-state index in [2.05, 4.69) is 16.0 Å². The molecular formula is C24H41N3O12. The fourth-order valence-corrected chi connectivity index (χ4v) is 2.75. The number of Topliss-reactive ketones (excluding diaryl/α,β-unsaturated/α-hetero) is 1. The van der Waals surface area contributed by atoms with Crippen molar-refractivity contribution in [3.63, 3.8) is 0 Å². The predicted octanol–water partition coefficient (Wildman–Crippen LogP) is -1.28. The van der Waals surface area contributed by atoms with Gasteiger partial charge in [-0.25, -0.2) is 4.79 Å². The summed E-state index contributed by atoms with van der Waals surface area (Å²) in [4.78, 5) is 67.8. The number of hydrogen-bond donors (Lipinski definition) is 5. The van der Waals surface area contributed by atoms with Gasteiger partial charge >= 0.3 is 11.9 Å². The summed E-state index contributed by atoms with van der Waals surface area (Å²) in [6.45, 7) is 4.01. The lowest BCUT2D eigenvalue weighted by molar-refractivity contribution is -0.143. The van der Waals surface area contributed by atoms with E-state index in [1.165, 1.54) is 6.92 Å². The smallest absolute Gasteiger partial charge is 0.326 e. The lowest BCUT2D eigenvalue weighted by Gasteiger charge is -2.14. The Balaban J connectivity index is 3.57. The molecule has 15 heteroatoms. The Morgan fingerprint density at radius 1 is 0.641 bits per heavy atom. The van der Waals surface area contributed by atoms with Crippen LogP contribution in [-0.4, -0.2) is 118 Å². The molecule has 0 aromatic rings. The van der Waals surface area contributed by atoms with Crippen LogP contribution in [0.4, 0.5) is 0 Å². The molecule has 0 saturated heterocycles. The summed E-state index contributed by atoms with van der Waals surface area (Å²) in [6.07, 6.45) is 0.447. The van der Waals surface area contributed by atoms with Gasteiger partial charge in [0.2, 0.25) is 17.7 Å². The number of carboxylic acid groups (broad SMARTS) is 2. The lowest BCUT2D eigenvalue weighted by Crippen LogP contribution is -2.42. The maximum absolute atomic E-state index is 11.7. The maximum Gasteiger partial charge on any atom is 0.326 e. The van der Waals surface area contributed by atoms with Crippen molar-refractivity contribution in [2.75, 3.05) is 65.9 Å². The van der Waals surface area contributed by atoms with Gasteiger partial charge in [0.15, 0.2) is 0 Å². The van der Waals surface area contributed by atoms with Crippen molar-refractivity contribution in [3.8, 4) is 0 Å². The molecule has 0 heterocycles. The average Bonchev–Trinajstić information content (AvgIpc) is 2.87. The van der Waals surface area contributed by atoms with Gasteiger partial charge in [0.05, 0.1) is 45.6 Å². The van der Waals surface area contributed by atoms with Gasteiger partial charge in [-0.15, -0.1) is 0 Å². The van der Waals surface area contributed by atoms with Gasteiger partial charge in [-0.3, -0.25) is 19.2 Å². The first-order chi connectivity index (χ1) is 18.5. The van der Waals surface area contributed by atoms with Crippen LogP contribution in [0.5, 0.6) is 0 Å². The molecule has 0 saturated carbocycles. The number of carbonyl (C=O) groups is 6. The summed E-state index contributed by atoms with van der Waals surface area (Å²) >= 11 is 0. The third kappa shape index (κ3) is 22.5. The number of rotatable bonds is 25. The molecule has 5 N–H and O–H groups in total. The minimum atomic E-state index is -1.23. The first-order valence-electron chi connectivity index (χ1n) is 12.6. The second-order valence-electron chi connectivity index (χ2n) is 8.51. The summed E-state index contributed by atoms with van der Waals surface area (Å²) in [5.74, 6) is -4.11. The van der Waals surface area contributed by atoms with E-state index in [-0.39, 0.29) is 109 Å². The summed E-state index contributed by atoms with van der Waals surface area (Å²) in [5.41, 5.74) is 0. The third-order valence-electron chi connectivity index (χ3n) is 4.99. The molecule has 0 rings (SSSR count). The van der Waals surface area contributed by atoms with Crippen LogP contribution in [0.15, 0.2) is 0 Å². The molecule has 3 amide bonds. The number of carboxylic acids is 2. The zero-order chi connectivity index (χ0) is 29.5. The normalized spacial score (nSPS) is 12.3. The minimum Gasteiger partial charge on any atom is -0.481 e. The summed E-state index contributed by atoms with van der Waals surface area (Å²) in [6, 6.07) is -1.16. The first kappa shape index (κ1) is 35.9. The Morgan fingerprint density at radius 3 is 1.67 bits per heavy atom. The molecule has 39 heavy (non-hydrogen) atoms. The van der Waals surface area contributed by atoms with Crippen molar-refractivity contribution in [3.05, 3.63) is 0 Å². The van der Waals surface area contributed by atoms with Gasteiger partial charge in [0, 0.05) is 25.9 Å². The first-order valence-corrected chi connectivity index (χ1v) is 12.6. The molecular weight excluding hydrogens is 522 g/mol. The highest BCUT2D eigenvalue weighted by Gasteiger charge is 2.20. The van der Waals surface area contributed by atoms with E-state index in [1.807, 2.05) is 0 Å². The van der Waals surface area contributed by atoms with E-state index in [1.54, 1.807) is 6.92 Å². The number of ketones is 1. The van der Waals surface area contributed by atoms with Gasteiger partial charge in [0.1, 0.15) is 25.0 Å². The van der Waals surface area contributed by atoms with Crippen LogP contribution >= 0.6 is 0 Å². The van der Waals surface area contributed by atoms with Crippen molar-refractivity contribution in [2.24, 2.45) is 5.92 Å². The van der Waals surface area contributed by atoms with E-state index in [9.17, 15) is 28.8 Å². The zero-order valence-corrected chi connectivity index (χ0v) is 22.5. The number of hydrogen-bond acceptors (Lipinski definition) is 10. The van der Waals surface area contributed by atoms with Crippen molar-refractivity contribution < 1.29 is 57.9 Å². The van der Waals surface area contributed by atoms with Gasteiger partial charge < -0.3 is 49.9 Å². The molecule has 0 aliphatic heterocycles. The van der Waals surface area contributed by atoms with Gasteiger partial charge in [-0.05, 0) is 19.8 Å². The van der Waals surface area contributed by atoms with Crippen LogP contribution in [0, 0.1) is 5.92 Å². The summed E-state index contributed by atoms with van der Waals surface area (Å²) in [5, 5.41) is 25.3. The van der Waals surface area contributed by atoms with Crippen LogP contribution in [0.3, 0.4) is 0 Å². The van der Waals surface area contributed by atoms with Crippen LogP contribution < -0.4 is 16.0 Å². The molecule has 0 aromatic heterocycles. The molecule has 224 valence electrons. The van der Waals surface area contributed by atoms with E-state index in [0.717, 1.165) is 0 Å². The molecule has 0 radical (unpaired) electrons. The zero-order valence-electron chi connectivity index (χ0n) is 22.5. The molecule has 0 unspecified atom stereocenters. The standard InChI is InChI=1S/C24H41N3O12/c1-17(23(32)33)3-6-20(29)25-7-9-36-11-13-38-15-21(30)26-8-10-37-12-14-39-16-22(31)27-19(24(34)35)5-4-18(2)28/h17,19H,3-16H2,1-2H3,(H,25,29)(H,26,30)(H,27,31)(H,32,33)(H,34,35)/t17-,19-/m0/s1. The molecule has 0 aliphatic carbocycles. The molecule has 0 bridgehead atoms. The highest BCUT2D eigenvalue weighted by atomic mass is 16.5. The van der Waals surface area contributed by atoms with Crippen LogP contribution in [0.25, 0.3) is 0 Å². The van der Waals surface area contributed by atoms with Gasteiger partial charge in [-0.2, -0.15) is 0 Å². The quantitative estimate of drug-likeness (QED) is 0.0821. The van der Waals surface area contributed by atoms with Gasteiger partial charge in [0.25, 0.3) is 0 Å². The fourth-order valence-electron chi connectivity index (χ4n) is 2.75. The van der Waals surface area contributed by atoms with Crippen LogP contribution in [0.1, 0.15) is 39.5 Å². The van der Waals surface area contributed by atoms with Crippen molar-refractivity contribution in [1.29, 1.82) is 0 Å². The van der Waals surface area contributed by atoms with Gasteiger partial charge in [-0.1, -0.05) is 6.92 Å². The maximum atomic E-state index is 11.7. The van der Waals surface area contributed by atoms with Crippen LogP contribution in [0.2, 0.25) is 0 Å². The second kappa shape index (κ2) is 22.8. The SMILES string of the molecule is CC(=O)CC[C@H](NC(=O)COCCOCCNC(=O)COCCOCCNC(=O)CC[C@H](C)C(=O)O)C(=O)O. The molecule has 0 spiro atoms. The van der Waals surface area contributed by atoms with Crippen molar-refractivity contribution >= 4 is 35.4 Å². The second-order valence-corrected chi connectivity index (χ2v) is 8.51. The summed E-state index contributed by atoms with van der Waals surface area (Å²) in [7, 11) is 0. The Hall–Kier alpha value is -3.14. The molecule has 0 aromatic carbocycles. The van der Waals surface area contributed by atoms with E-state index >= 15 is 0 Å². The largest absolute Gasteiger partial charge is 0.481 e. The predicted molar refractivity (Wildman–Crippen MR) is 135 cm³/mol. The van der Waals surface area contributed by atoms with E-state index in [4.69, 9.17) is 29.2 Å². The topological polar surface area (TPSA) is 216 Å². The van der Waals surface area contributed by atoms with Crippen molar-refractivity contribution in [1.82, 2.24) is 16.0 Å². The number of ether oxygens (including phenoxy) is 4. The Morgan fingerprint density at radius 2 is 1.15 bits per heavy atom. The average molecular weight is 564 g/mol. The third-order valence-corrected chi connectivity index (χ3v) is 4.99. The Bertz CT molecular complexity index is 777. The summed E-state index contributed by atoms with van der Waals surface area (Å²) < 4.78 is 20.8. The minimum absolute atomic E-state index is 0.00436. The number of amides is 3. The lowest BCUT2D eigenvalue weighted by atomic mass is 10.1. The highest BCUT2D eigenvalue weighted by Crippen LogP contribution is 2.04. The highest BCUT2D eigenvalue weighted by molar-refractivity contribution is 5.85. The van der Waals surface area contributed by atoms with E-state index in [0.29, 0.717) is 0 Å². The molecule has 2 atom stereocenters. The molecule has 0 aliphatic rings. The van der Waals surface area contributed by atoms with Crippen LogP contribution in [-0.2, 0) is 47.7 Å². The van der Waals surface area contributed by atoms with E-state index < -0.39 is 29.8 Å². The Kier molecular flexibility index (Phi) is 21.0. The Labute approximate surface area is 227 Å². The number of carbonyl (C=O) groups excluding carboxylic acids is 4. The molecule has 0 fully saturated rings. The monoisotopic (exact) mass is 563 g/mol. The van der Waals surface area contributed by atoms with Crippen molar-refractivity contribution in [2.45, 2.75) is 45.6 Å². The molecule has 15 nitrogen and oxygen atoms in total. The fraction of sp³-hybridized carbons (Fsp3) is 0.750. The number of nitrogens with one attached hydrogen (secondary N) is 3.